The molecule has 0 saturated carbocycles. The van der Waals surface area contributed by atoms with E-state index in [9.17, 15) is 0 Å². The van der Waals surface area contributed by atoms with Crippen LogP contribution in [0.15, 0.2) is 40.4 Å². The highest BCUT2D eigenvalue weighted by Crippen LogP contribution is 2.17. The van der Waals surface area contributed by atoms with Crippen molar-refractivity contribution >= 4 is 15.9 Å². The summed E-state index contributed by atoms with van der Waals surface area (Å²) in [4.78, 5) is 0. The molecule has 1 aromatic rings. The van der Waals surface area contributed by atoms with Crippen molar-refractivity contribution in [1.82, 2.24) is 5.43 Å². The number of hydrazine groups is 1. The predicted molar refractivity (Wildman–Crippen MR) is 68.4 cm³/mol. The van der Waals surface area contributed by atoms with Crippen LogP contribution in [0.3, 0.4) is 0 Å². The van der Waals surface area contributed by atoms with Gasteiger partial charge in [0.15, 0.2) is 0 Å². The number of benzene rings is 1. The van der Waals surface area contributed by atoms with Crippen molar-refractivity contribution in [2.75, 3.05) is 0 Å². The highest BCUT2D eigenvalue weighted by Gasteiger charge is 2.06. The Morgan fingerprint density at radius 2 is 2.13 bits per heavy atom. The molecule has 0 aliphatic rings. The zero-order chi connectivity index (χ0) is 11.3. The first-order valence-electron chi connectivity index (χ1n) is 4.98. The van der Waals surface area contributed by atoms with Crippen LogP contribution in [0.25, 0.3) is 0 Å². The van der Waals surface area contributed by atoms with Crippen molar-refractivity contribution in [3.8, 4) is 0 Å². The van der Waals surface area contributed by atoms with E-state index in [1.54, 1.807) is 0 Å². The highest BCUT2D eigenvalue weighted by molar-refractivity contribution is 9.10. The third kappa shape index (κ3) is 4.16. The molecular formula is C12H17BrN2. The largest absolute Gasteiger partial charge is 0.271 e. The van der Waals surface area contributed by atoms with Gasteiger partial charge in [-0.15, -0.1) is 0 Å². The van der Waals surface area contributed by atoms with Gasteiger partial charge in [-0.3, -0.25) is 11.3 Å². The smallest absolute Gasteiger partial charge is 0.0433 e. The Morgan fingerprint density at radius 1 is 1.47 bits per heavy atom. The summed E-state index contributed by atoms with van der Waals surface area (Å²) in [7, 11) is 0. The van der Waals surface area contributed by atoms with Crippen LogP contribution in [0.2, 0.25) is 0 Å². The summed E-state index contributed by atoms with van der Waals surface area (Å²) in [5.41, 5.74) is 5.34. The summed E-state index contributed by atoms with van der Waals surface area (Å²) in [5.74, 6) is 5.51. The molecule has 0 bridgehead atoms. The maximum absolute atomic E-state index is 5.51. The summed E-state index contributed by atoms with van der Waals surface area (Å²) in [6.45, 7) is 4.15. The third-order valence-corrected chi connectivity index (χ3v) is 2.92. The molecule has 82 valence electrons. The minimum absolute atomic E-state index is 0.189. The molecule has 0 spiro atoms. The lowest BCUT2D eigenvalue weighted by atomic mass is 10.0. The Morgan fingerprint density at radius 3 is 2.67 bits per heavy atom. The van der Waals surface area contributed by atoms with E-state index < -0.39 is 0 Å². The van der Waals surface area contributed by atoms with Gasteiger partial charge in [-0.1, -0.05) is 45.8 Å². The van der Waals surface area contributed by atoms with Crippen LogP contribution in [-0.4, -0.2) is 6.04 Å². The molecule has 0 amide bonds. The highest BCUT2D eigenvalue weighted by atomic mass is 79.9. The van der Waals surface area contributed by atoms with Crippen molar-refractivity contribution in [3.05, 3.63) is 46.0 Å². The Hall–Kier alpha value is -0.640. The second-order valence-corrected chi connectivity index (χ2v) is 4.67. The Bertz CT molecular complexity index is 343. The molecule has 1 atom stereocenters. The van der Waals surface area contributed by atoms with Gasteiger partial charge < -0.3 is 0 Å². The van der Waals surface area contributed by atoms with Crippen LogP contribution in [0.4, 0.5) is 0 Å². The van der Waals surface area contributed by atoms with Crippen molar-refractivity contribution in [3.63, 3.8) is 0 Å². The summed E-state index contributed by atoms with van der Waals surface area (Å²) in [6.07, 6.45) is 3.03. The second kappa shape index (κ2) is 6.05. The van der Waals surface area contributed by atoms with E-state index in [0.717, 1.165) is 10.9 Å². The number of allylic oxidation sites excluding steroid dienone is 1. The topological polar surface area (TPSA) is 38.0 Å². The van der Waals surface area contributed by atoms with Crippen molar-refractivity contribution in [1.29, 1.82) is 0 Å². The average molecular weight is 269 g/mol. The molecule has 0 saturated heterocycles. The fraction of sp³-hybridized carbons (Fsp3) is 0.333. The van der Waals surface area contributed by atoms with E-state index in [-0.39, 0.29) is 6.04 Å². The lowest BCUT2D eigenvalue weighted by Crippen LogP contribution is -2.35. The van der Waals surface area contributed by atoms with Crippen LogP contribution in [0.1, 0.15) is 19.4 Å². The van der Waals surface area contributed by atoms with Gasteiger partial charge in [0.2, 0.25) is 0 Å². The van der Waals surface area contributed by atoms with Crippen molar-refractivity contribution in [2.45, 2.75) is 26.3 Å². The summed E-state index contributed by atoms with van der Waals surface area (Å²) in [6, 6.07) is 8.39. The van der Waals surface area contributed by atoms with E-state index in [4.69, 9.17) is 5.84 Å². The van der Waals surface area contributed by atoms with Gasteiger partial charge in [-0.2, -0.15) is 0 Å². The van der Waals surface area contributed by atoms with Gasteiger partial charge in [0, 0.05) is 10.5 Å². The van der Waals surface area contributed by atoms with Crippen LogP contribution < -0.4 is 11.3 Å². The standard InChI is InChI=1S/C12H17BrN2/c1-9(2)7-11(15-14)8-10-5-3-4-6-12(10)13/h3-7,11,15H,8,14H2,1-2H3. The third-order valence-electron chi connectivity index (χ3n) is 2.15. The van der Waals surface area contributed by atoms with Gasteiger partial charge in [0.05, 0.1) is 0 Å². The first-order valence-corrected chi connectivity index (χ1v) is 5.77. The lowest BCUT2D eigenvalue weighted by molar-refractivity contribution is 0.613. The predicted octanol–water partition coefficient (Wildman–Crippen LogP) is 2.79. The molecule has 0 aliphatic heterocycles. The van der Waals surface area contributed by atoms with E-state index >= 15 is 0 Å². The molecule has 3 heteroatoms. The molecule has 3 N–H and O–H groups in total. The van der Waals surface area contributed by atoms with E-state index in [1.165, 1.54) is 11.1 Å². The molecular weight excluding hydrogens is 252 g/mol. The SMILES string of the molecule is CC(C)=CC(Cc1ccccc1Br)NN. The maximum atomic E-state index is 5.51. The minimum atomic E-state index is 0.189. The molecule has 1 rings (SSSR count). The number of halogens is 1. The molecule has 1 aromatic carbocycles. The van der Waals surface area contributed by atoms with Gasteiger partial charge in [-0.05, 0) is 31.9 Å². The molecule has 0 aliphatic carbocycles. The van der Waals surface area contributed by atoms with Gasteiger partial charge in [0.1, 0.15) is 0 Å². The van der Waals surface area contributed by atoms with E-state index in [2.05, 4.69) is 47.3 Å². The number of nitrogens with one attached hydrogen (secondary N) is 1. The average Bonchev–Trinajstić information content (AvgIpc) is 2.19. The monoisotopic (exact) mass is 268 g/mol. The van der Waals surface area contributed by atoms with Gasteiger partial charge in [0.25, 0.3) is 0 Å². The molecule has 15 heavy (non-hydrogen) atoms. The zero-order valence-corrected chi connectivity index (χ0v) is 10.7. The second-order valence-electron chi connectivity index (χ2n) is 3.81. The number of rotatable bonds is 4. The fourth-order valence-corrected chi connectivity index (χ4v) is 1.92. The number of hydrogen-bond donors (Lipinski definition) is 2. The van der Waals surface area contributed by atoms with Crippen LogP contribution in [0, 0.1) is 0 Å². The first kappa shape index (κ1) is 12.4. The fourth-order valence-electron chi connectivity index (χ4n) is 1.47. The molecule has 0 aromatic heterocycles. The van der Waals surface area contributed by atoms with Crippen LogP contribution in [0.5, 0.6) is 0 Å². The first-order chi connectivity index (χ1) is 7.13. The molecule has 2 nitrogen and oxygen atoms in total. The zero-order valence-electron chi connectivity index (χ0n) is 9.13. The molecule has 0 fully saturated rings. The van der Waals surface area contributed by atoms with E-state index in [0.29, 0.717) is 0 Å². The Balaban J connectivity index is 2.75. The molecule has 0 radical (unpaired) electrons. The maximum Gasteiger partial charge on any atom is 0.0433 e. The van der Waals surface area contributed by atoms with Gasteiger partial charge >= 0.3 is 0 Å². The minimum Gasteiger partial charge on any atom is -0.271 e. The lowest BCUT2D eigenvalue weighted by Gasteiger charge is -2.13. The Kier molecular flexibility index (Phi) is 5.02. The summed E-state index contributed by atoms with van der Waals surface area (Å²) >= 11 is 3.53. The van der Waals surface area contributed by atoms with Crippen molar-refractivity contribution < 1.29 is 0 Å². The number of nitrogens with two attached hydrogens (primary N) is 1. The molecule has 0 heterocycles. The van der Waals surface area contributed by atoms with Gasteiger partial charge in [-0.25, -0.2) is 0 Å². The normalized spacial score (nSPS) is 12.3. The number of hydrogen-bond acceptors (Lipinski definition) is 2. The summed E-state index contributed by atoms with van der Waals surface area (Å²) in [5, 5.41) is 0. The van der Waals surface area contributed by atoms with Crippen molar-refractivity contribution in [2.24, 2.45) is 5.84 Å². The van der Waals surface area contributed by atoms with Crippen LogP contribution in [-0.2, 0) is 6.42 Å². The quantitative estimate of drug-likeness (QED) is 0.501. The Labute approximate surface area is 99.7 Å². The molecule has 1 unspecified atom stereocenters. The van der Waals surface area contributed by atoms with Crippen LogP contribution >= 0.6 is 15.9 Å². The van der Waals surface area contributed by atoms with E-state index in [1.807, 2.05) is 18.2 Å². The summed E-state index contributed by atoms with van der Waals surface area (Å²) < 4.78 is 1.13.